The average molecular weight is 455 g/mol. The number of nitrogens with zero attached hydrogens (tertiary/aromatic N) is 2. The molecule has 4 aromatic rings. The number of halogens is 1. The minimum Gasteiger partial charge on any atom is -0.365 e. The van der Waals surface area contributed by atoms with Gasteiger partial charge in [0.05, 0.1) is 22.8 Å². The number of carbonyl (C=O) groups is 2. The van der Waals surface area contributed by atoms with Crippen molar-refractivity contribution in [3.63, 3.8) is 0 Å². The van der Waals surface area contributed by atoms with Crippen molar-refractivity contribution in [2.24, 2.45) is 5.73 Å². The average Bonchev–Trinajstić information content (AvgIpc) is 3.24. The summed E-state index contributed by atoms with van der Waals surface area (Å²) in [7, 11) is 0. The van der Waals surface area contributed by atoms with Gasteiger partial charge in [-0.1, -0.05) is 30.3 Å². The molecule has 0 atom stereocenters. The number of hydrogen-bond donors (Lipinski definition) is 2. The number of fused-ring (bicyclic) bond motifs is 1. The summed E-state index contributed by atoms with van der Waals surface area (Å²) in [4.78, 5) is 24.6. The molecule has 28 heavy (non-hydrogen) atoms. The first-order chi connectivity index (χ1) is 13.5. The van der Waals surface area contributed by atoms with Crippen LogP contribution in [0, 0.1) is 0 Å². The highest BCUT2D eigenvalue weighted by atomic mass is 79.9. The fourth-order valence-corrected chi connectivity index (χ4v) is 4.36. The van der Waals surface area contributed by atoms with Crippen LogP contribution in [0.15, 0.2) is 65.4 Å². The van der Waals surface area contributed by atoms with Crippen molar-refractivity contribution in [2.45, 2.75) is 6.54 Å². The van der Waals surface area contributed by atoms with E-state index in [2.05, 4.69) is 26.3 Å². The Balaban J connectivity index is 1.55. The summed E-state index contributed by atoms with van der Waals surface area (Å²) >= 11 is 4.70. The van der Waals surface area contributed by atoms with E-state index in [1.54, 1.807) is 23.0 Å². The first kappa shape index (κ1) is 18.4. The number of nitrogens with one attached hydrogen (secondary N) is 1. The first-order valence-corrected chi connectivity index (χ1v) is 10.0. The maximum Gasteiger partial charge on any atom is 0.256 e. The molecule has 2 heterocycles. The van der Waals surface area contributed by atoms with Gasteiger partial charge in [0.25, 0.3) is 11.8 Å². The van der Waals surface area contributed by atoms with Crippen molar-refractivity contribution in [1.82, 2.24) is 9.78 Å². The van der Waals surface area contributed by atoms with Crippen molar-refractivity contribution in [3.8, 4) is 0 Å². The molecule has 0 unspecified atom stereocenters. The molecular formula is C20H15BrN4O2S. The van der Waals surface area contributed by atoms with E-state index in [1.807, 2.05) is 42.6 Å². The molecule has 0 aliphatic carbocycles. The van der Waals surface area contributed by atoms with Gasteiger partial charge in [0.1, 0.15) is 5.00 Å². The third kappa shape index (κ3) is 3.69. The third-order valence-corrected chi connectivity index (χ3v) is 5.73. The van der Waals surface area contributed by atoms with Gasteiger partial charge < -0.3 is 11.1 Å². The second kappa shape index (κ2) is 7.57. The number of amides is 2. The molecule has 0 aliphatic heterocycles. The van der Waals surface area contributed by atoms with Crippen molar-refractivity contribution in [3.05, 3.63) is 82.1 Å². The van der Waals surface area contributed by atoms with Crippen LogP contribution >= 0.6 is 27.3 Å². The topological polar surface area (TPSA) is 90.0 Å². The van der Waals surface area contributed by atoms with E-state index in [-0.39, 0.29) is 5.91 Å². The number of primary amides is 1. The highest BCUT2D eigenvalue weighted by Crippen LogP contribution is 2.35. The lowest BCUT2D eigenvalue weighted by atomic mass is 10.1. The Hall–Kier alpha value is -2.97. The number of hydrogen-bond acceptors (Lipinski definition) is 4. The summed E-state index contributed by atoms with van der Waals surface area (Å²) in [6.45, 7) is 0.607. The van der Waals surface area contributed by atoms with Gasteiger partial charge in [-0.3, -0.25) is 14.3 Å². The lowest BCUT2D eigenvalue weighted by Gasteiger charge is -2.06. The summed E-state index contributed by atoms with van der Waals surface area (Å²) in [5.74, 6) is -0.851. The molecule has 2 amide bonds. The molecule has 3 N–H and O–H groups in total. The zero-order valence-electron chi connectivity index (χ0n) is 14.6. The summed E-state index contributed by atoms with van der Waals surface area (Å²) in [6.07, 6.45) is 3.61. The van der Waals surface area contributed by atoms with Crippen LogP contribution in [0.3, 0.4) is 0 Å². The summed E-state index contributed by atoms with van der Waals surface area (Å²) in [5, 5.41) is 8.25. The zero-order valence-corrected chi connectivity index (χ0v) is 17.0. The lowest BCUT2D eigenvalue weighted by molar-refractivity contribution is 0.100. The molecule has 0 aliphatic rings. The Labute approximate surface area is 173 Å². The van der Waals surface area contributed by atoms with Crippen molar-refractivity contribution in [2.75, 3.05) is 5.32 Å². The number of rotatable bonds is 5. The van der Waals surface area contributed by atoms with E-state index >= 15 is 0 Å². The van der Waals surface area contributed by atoms with Crippen LogP contribution in [0.5, 0.6) is 0 Å². The third-order valence-electron chi connectivity index (χ3n) is 4.23. The van der Waals surface area contributed by atoms with Gasteiger partial charge in [-0.15, -0.1) is 11.3 Å². The molecule has 0 bridgehead atoms. The maximum atomic E-state index is 12.7. The highest BCUT2D eigenvalue weighted by Gasteiger charge is 2.19. The van der Waals surface area contributed by atoms with Crippen LogP contribution in [0.4, 0.5) is 5.00 Å². The maximum absolute atomic E-state index is 12.7. The second-order valence-electron chi connectivity index (χ2n) is 6.17. The van der Waals surface area contributed by atoms with Gasteiger partial charge in [-0.05, 0) is 39.7 Å². The van der Waals surface area contributed by atoms with Crippen LogP contribution in [0.25, 0.3) is 10.1 Å². The summed E-state index contributed by atoms with van der Waals surface area (Å²) < 4.78 is 3.61. The molecule has 8 heteroatoms. The van der Waals surface area contributed by atoms with Crippen LogP contribution < -0.4 is 11.1 Å². The standard InChI is InChI=1S/C20H15BrN4O2S/c21-14-9-23-25(11-14)10-12-5-7-13(8-6-12)19(27)24-20-17(18(22)26)15-3-1-2-4-16(15)28-20/h1-9,11H,10H2,(H2,22,26)(H,24,27). The normalized spacial score (nSPS) is 10.9. The van der Waals surface area contributed by atoms with Crippen LogP contribution in [0.1, 0.15) is 26.3 Å². The quantitative estimate of drug-likeness (QED) is 0.471. The van der Waals surface area contributed by atoms with Crippen LogP contribution in [-0.2, 0) is 6.54 Å². The number of benzene rings is 2. The Morgan fingerprint density at radius 3 is 2.57 bits per heavy atom. The Bertz CT molecular complexity index is 1180. The smallest absolute Gasteiger partial charge is 0.256 e. The molecule has 0 saturated carbocycles. The van der Waals surface area contributed by atoms with E-state index in [1.165, 1.54) is 11.3 Å². The fourth-order valence-electron chi connectivity index (χ4n) is 2.93. The Kier molecular flexibility index (Phi) is 4.97. The Morgan fingerprint density at radius 2 is 1.89 bits per heavy atom. The first-order valence-electron chi connectivity index (χ1n) is 8.41. The predicted octanol–water partition coefficient (Wildman–Crippen LogP) is 4.26. The molecule has 0 radical (unpaired) electrons. The minimum atomic E-state index is -0.562. The van der Waals surface area contributed by atoms with Crippen molar-refractivity contribution in [1.29, 1.82) is 0 Å². The monoisotopic (exact) mass is 454 g/mol. The number of thiophene rings is 1. The number of carbonyl (C=O) groups excluding carboxylic acids is 2. The van der Waals surface area contributed by atoms with Crippen LogP contribution in [0.2, 0.25) is 0 Å². The number of anilines is 1. The van der Waals surface area contributed by atoms with E-state index in [0.29, 0.717) is 22.7 Å². The summed E-state index contributed by atoms with van der Waals surface area (Å²) in [6, 6.07) is 14.7. The van der Waals surface area contributed by atoms with Gasteiger partial charge >= 0.3 is 0 Å². The molecule has 2 aromatic heterocycles. The molecule has 2 aromatic carbocycles. The fraction of sp³-hybridized carbons (Fsp3) is 0.0500. The van der Waals surface area contributed by atoms with Gasteiger partial charge in [0.15, 0.2) is 0 Å². The van der Waals surface area contributed by atoms with E-state index < -0.39 is 5.91 Å². The number of nitrogens with two attached hydrogens (primary N) is 1. The molecule has 140 valence electrons. The molecule has 0 spiro atoms. The molecule has 0 saturated heterocycles. The molecule has 4 rings (SSSR count). The van der Waals surface area contributed by atoms with Crippen molar-refractivity contribution >= 4 is 54.2 Å². The highest BCUT2D eigenvalue weighted by molar-refractivity contribution is 9.10. The van der Waals surface area contributed by atoms with Gasteiger partial charge in [0.2, 0.25) is 0 Å². The van der Waals surface area contributed by atoms with E-state index in [0.717, 1.165) is 20.1 Å². The molecule has 0 fully saturated rings. The van der Waals surface area contributed by atoms with Gasteiger partial charge in [-0.2, -0.15) is 5.10 Å². The summed E-state index contributed by atoms with van der Waals surface area (Å²) in [5.41, 5.74) is 7.40. The van der Waals surface area contributed by atoms with Crippen molar-refractivity contribution < 1.29 is 9.59 Å². The second-order valence-corrected chi connectivity index (χ2v) is 8.14. The number of aromatic nitrogens is 2. The van der Waals surface area contributed by atoms with E-state index in [4.69, 9.17) is 5.73 Å². The molecule has 6 nitrogen and oxygen atoms in total. The SMILES string of the molecule is NC(=O)c1c(NC(=O)c2ccc(Cn3cc(Br)cn3)cc2)sc2ccccc12. The van der Waals surface area contributed by atoms with E-state index in [9.17, 15) is 9.59 Å². The van der Waals surface area contributed by atoms with Crippen LogP contribution in [-0.4, -0.2) is 21.6 Å². The Morgan fingerprint density at radius 1 is 1.14 bits per heavy atom. The predicted molar refractivity (Wildman–Crippen MR) is 114 cm³/mol. The largest absolute Gasteiger partial charge is 0.365 e. The minimum absolute atomic E-state index is 0.289. The zero-order chi connectivity index (χ0) is 19.7. The molecular weight excluding hydrogens is 440 g/mol. The van der Waals surface area contributed by atoms with Gasteiger partial charge in [0, 0.05) is 21.8 Å². The van der Waals surface area contributed by atoms with Gasteiger partial charge in [-0.25, -0.2) is 0 Å². The lowest BCUT2D eigenvalue weighted by Crippen LogP contribution is -2.16.